The summed E-state index contributed by atoms with van der Waals surface area (Å²) in [7, 11) is -3.34. The van der Waals surface area contributed by atoms with E-state index in [1.807, 2.05) is 20.8 Å². The van der Waals surface area contributed by atoms with Crippen LogP contribution in [0.1, 0.15) is 33.6 Å². The fraction of sp³-hybridized carbons (Fsp3) is 0.917. The van der Waals surface area contributed by atoms with Crippen LogP contribution in [0, 0.1) is 5.92 Å². The van der Waals surface area contributed by atoms with Crippen molar-refractivity contribution in [3.63, 3.8) is 0 Å². The third-order valence-electron chi connectivity index (χ3n) is 2.66. The second-order valence-corrected chi connectivity index (χ2v) is 7.56. The lowest BCUT2D eigenvalue weighted by Crippen LogP contribution is -2.51. The molecule has 0 radical (unpaired) electrons. The van der Waals surface area contributed by atoms with Crippen LogP contribution in [0.3, 0.4) is 0 Å². The first kappa shape index (κ1) is 16.2. The van der Waals surface area contributed by atoms with Crippen molar-refractivity contribution in [3.8, 4) is 0 Å². The number of hydrogen-bond donors (Lipinski definition) is 0. The molecule has 1 aliphatic rings. The number of carbonyl (C=O) groups is 1. The maximum Gasteiger partial charge on any atom is 0.410 e. The van der Waals surface area contributed by atoms with Gasteiger partial charge in [0.1, 0.15) is 5.60 Å². The number of hydrogen-bond acceptors (Lipinski definition) is 5. The second-order valence-electron chi connectivity index (χ2n) is 5.92. The summed E-state index contributed by atoms with van der Waals surface area (Å²) in [6.45, 7) is 7.07. The number of ether oxygens (including phenoxy) is 1. The quantitative estimate of drug-likeness (QED) is 0.569. The summed E-state index contributed by atoms with van der Waals surface area (Å²) in [5.41, 5.74) is -0.467. The third-order valence-corrected chi connectivity index (χ3v) is 3.26. The molecule has 1 saturated heterocycles. The van der Waals surface area contributed by atoms with E-state index in [2.05, 4.69) is 4.18 Å². The molecule has 0 aromatic heterocycles. The van der Waals surface area contributed by atoms with Gasteiger partial charge in [0.25, 0.3) is 10.1 Å². The Hall–Kier alpha value is -0.820. The SMILES string of the molecule is CC(C)(C)OC(=O)N1CC(CCCOS(C)(=O)=O)C1. The topological polar surface area (TPSA) is 72.9 Å². The van der Waals surface area contributed by atoms with Crippen molar-refractivity contribution in [3.05, 3.63) is 0 Å². The van der Waals surface area contributed by atoms with Crippen molar-refractivity contribution in [2.24, 2.45) is 5.92 Å². The minimum atomic E-state index is -3.34. The molecule has 0 N–H and O–H groups in total. The van der Waals surface area contributed by atoms with Crippen molar-refractivity contribution in [2.45, 2.75) is 39.2 Å². The molecule has 1 rings (SSSR count). The maximum atomic E-state index is 11.6. The molecule has 1 aliphatic heterocycles. The van der Waals surface area contributed by atoms with Gasteiger partial charge in [-0.25, -0.2) is 4.79 Å². The zero-order valence-electron chi connectivity index (χ0n) is 12.0. The van der Waals surface area contributed by atoms with E-state index in [1.54, 1.807) is 4.90 Å². The number of likely N-dealkylation sites (tertiary alicyclic amines) is 1. The normalized spacial score (nSPS) is 17.2. The van der Waals surface area contributed by atoms with Crippen LogP contribution in [0.25, 0.3) is 0 Å². The van der Waals surface area contributed by atoms with Crippen LogP contribution in [0.4, 0.5) is 4.79 Å². The smallest absolute Gasteiger partial charge is 0.410 e. The Morgan fingerprint density at radius 2 is 1.89 bits per heavy atom. The highest BCUT2D eigenvalue weighted by atomic mass is 32.2. The minimum Gasteiger partial charge on any atom is -0.444 e. The highest BCUT2D eigenvalue weighted by Gasteiger charge is 2.33. The summed E-state index contributed by atoms with van der Waals surface area (Å²) in [6, 6.07) is 0. The van der Waals surface area contributed by atoms with E-state index >= 15 is 0 Å². The average Bonchev–Trinajstić information content (AvgIpc) is 2.09. The van der Waals surface area contributed by atoms with Gasteiger partial charge >= 0.3 is 6.09 Å². The Bertz CT molecular complexity index is 406. The van der Waals surface area contributed by atoms with Crippen LogP contribution in [0.2, 0.25) is 0 Å². The summed E-state index contributed by atoms with van der Waals surface area (Å²) >= 11 is 0. The van der Waals surface area contributed by atoms with E-state index < -0.39 is 15.7 Å². The number of amides is 1. The molecule has 0 saturated carbocycles. The molecule has 0 aromatic rings. The van der Waals surface area contributed by atoms with Gasteiger partial charge < -0.3 is 9.64 Å². The molecule has 7 heteroatoms. The average molecular weight is 293 g/mol. The summed E-state index contributed by atoms with van der Waals surface area (Å²) in [6.07, 6.45) is 2.30. The second kappa shape index (κ2) is 6.09. The Balaban J connectivity index is 2.12. The first-order valence-electron chi connectivity index (χ1n) is 6.39. The van der Waals surface area contributed by atoms with E-state index in [0.717, 1.165) is 12.7 Å². The number of nitrogens with zero attached hydrogens (tertiary/aromatic N) is 1. The van der Waals surface area contributed by atoms with Crippen LogP contribution >= 0.6 is 0 Å². The molecule has 0 atom stereocenters. The van der Waals surface area contributed by atoms with Crippen LogP contribution < -0.4 is 0 Å². The number of carbonyl (C=O) groups excluding carboxylic acids is 1. The van der Waals surface area contributed by atoms with E-state index in [1.165, 1.54) is 0 Å². The highest BCUT2D eigenvalue weighted by Crippen LogP contribution is 2.23. The molecule has 0 spiro atoms. The molecule has 1 fully saturated rings. The van der Waals surface area contributed by atoms with Crippen molar-refractivity contribution in [1.82, 2.24) is 4.90 Å². The lowest BCUT2D eigenvalue weighted by Gasteiger charge is -2.39. The van der Waals surface area contributed by atoms with E-state index in [0.29, 0.717) is 25.4 Å². The molecule has 0 aliphatic carbocycles. The monoisotopic (exact) mass is 293 g/mol. The molecule has 6 nitrogen and oxygen atoms in total. The Labute approximate surface area is 115 Å². The number of rotatable bonds is 5. The van der Waals surface area contributed by atoms with E-state index in [4.69, 9.17) is 4.74 Å². The standard InChI is InChI=1S/C12H23NO5S/c1-12(2,3)18-11(14)13-8-10(9-13)6-5-7-17-19(4,15)16/h10H,5-9H2,1-4H3. The third kappa shape index (κ3) is 6.77. The summed E-state index contributed by atoms with van der Waals surface area (Å²) < 4.78 is 31.4. The molecule has 0 aromatic carbocycles. The maximum absolute atomic E-state index is 11.6. The fourth-order valence-corrected chi connectivity index (χ4v) is 2.23. The zero-order chi connectivity index (χ0) is 14.7. The van der Waals surface area contributed by atoms with Gasteiger partial charge in [0, 0.05) is 13.1 Å². The van der Waals surface area contributed by atoms with Crippen molar-refractivity contribution in [1.29, 1.82) is 0 Å². The Morgan fingerprint density at radius 3 is 2.37 bits per heavy atom. The summed E-state index contributed by atoms with van der Waals surface area (Å²) in [5.74, 6) is 0.413. The molecule has 19 heavy (non-hydrogen) atoms. The fourth-order valence-electron chi connectivity index (χ4n) is 1.81. The first-order valence-corrected chi connectivity index (χ1v) is 8.21. The van der Waals surface area contributed by atoms with Gasteiger partial charge in [-0.3, -0.25) is 4.18 Å². The summed E-state index contributed by atoms with van der Waals surface area (Å²) in [5, 5.41) is 0. The van der Waals surface area contributed by atoms with Gasteiger partial charge in [-0.05, 0) is 39.5 Å². The van der Waals surface area contributed by atoms with Crippen LogP contribution in [0.5, 0.6) is 0 Å². The molecule has 112 valence electrons. The van der Waals surface area contributed by atoms with Crippen molar-refractivity contribution < 1.29 is 22.1 Å². The lowest BCUT2D eigenvalue weighted by atomic mass is 9.95. The highest BCUT2D eigenvalue weighted by molar-refractivity contribution is 7.85. The largest absolute Gasteiger partial charge is 0.444 e. The van der Waals surface area contributed by atoms with E-state index in [9.17, 15) is 13.2 Å². The van der Waals surface area contributed by atoms with Gasteiger partial charge in [0.2, 0.25) is 0 Å². The van der Waals surface area contributed by atoms with Gasteiger partial charge in [0.05, 0.1) is 12.9 Å². The molecule has 0 bridgehead atoms. The van der Waals surface area contributed by atoms with Gasteiger partial charge in [0.15, 0.2) is 0 Å². The molecule has 1 amide bonds. The van der Waals surface area contributed by atoms with Crippen LogP contribution in [-0.4, -0.2) is 51.0 Å². The molecular weight excluding hydrogens is 270 g/mol. The Morgan fingerprint density at radius 1 is 1.32 bits per heavy atom. The minimum absolute atomic E-state index is 0.210. The predicted molar refractivity (Wildman–Crippen MR) is 71.3 cm³/mol. The van der Waals surface area contributed by atoms with Crippen LogP contribution in [-0.2, 0) is 19.0 Å². The molecule has 1 heterocycles. The molecule has 0 unspecified atom stereocenters. The Kier molecular flexibility index (Phi) is 5.20. The van der Waals surface area contributed by atoms with Crippen molar-refractivity contribution in [2.75, 3.05) is 26.0 Å². The first-order chi connectivity index (χ1) is 8.57. The van der Waals surface area contributed by atoms with Crippen molar-refractivity contribution >= 4 is 16.2 Å². The zero-order valence-corrected chi connectivity index (χ0v) is 12.8. The lowest BCUT2D eigenvalue weighted by molar-refractivity contribution is -0.00267. The van der Waals surface area contributed by atoms with Gasteiger partial charge in [-0.2, -0.15) is 8.42 Å². The predicted octanol–water partition coefficient (Wildman–Crippen LogP) is 1.61. The van der Waals surface area contributed by atoms with Gasteiger partial charge in [-0.15, -0.1) is 0 Å². The van der Waals surface area contributed by atoms with Gasteiger partial charge in [-0.1, -0.05) is 0 Å². The van der Waals surface area contributed by atoms with E-state index in [-0.39, 0.29) is 12.7 Å². The summed E-state index contributed by atoms with van der Waals surface area (Å²) in [4.78, 5) is 13.3. The molecular formula is C12H23NO5S. The van der Waals surface area contributed by atoms with Crippen LogP contribution in [0.15, 0.2) is 0 Å².